The topological polar surface area (TPSA) is 94.5 Å². The number of carboxylic acid groups (broad SMARTS) is 2. The second-order valence-electron chi connectivity index (χ2n) is 1.69. The average molecular weight is 146 g/mol. The van der Waals surface area contributed by atoms with Crippen molar-refractivity contribution in [3.05, 3.63) is 6.92 Å². The molecule has 0 spiro atoms. The summed E-state index contributed by atoms with van der Waals surface area (Å²) in [6.07, 6.45) is -0.711. The summed E-state index contributed by atoms with van der Waals surface area (Å²) in [6.45, 7) is 2.93. The third-order valence-corrected chi connectivity index (χ3v) is 1.04. The summed E-state index contributed by atoms with van der Waals surface area (Å²) in [5.74, 6) is -3.81. The molecule has 0 saturated heterocycles. The molecule has 0 rings (SSSR count). The Hall–Kier alpha value is -1.10. The highest BCUT2D eigenvalue weighted by molar-refractivity contribution is 6.01. The number of rotatable bonds is 3. The van der Waals surface area contributed by atoms with Gasteiger partial charge in [-0.2, -0.15) is 0 Å². The van der Waals surface area contributed by atoms with Gasteiger partial charge >= 0.3 is 11.9 Å². The Bertz CT molecular complexity index is 147. The molecule has 0 aromatic carbocycles. The van der Waals surface area contributed by atoms with Crippen LogP contribution >= 0.6 is 0 Å². The smallest absolute Gasteiger partial charge is 0.351 e. The average Bonchev–Trinajstić information content (AvgIpc) is 1.85. The van der Waals surface area contributed by atoms with Crippen LogP contribution in [0.2, 0.25) is 0 Å². The zero-order valence-corrected chi connectivity index (χ0v) is 5.03. The minimum atomic E-state index is -2.99. The van der Waals surface area contributed by atoms with E-state index in [-0.39, 0.29) is 0 Å². The monoisotopic (exact) mass is 146 g/mol. The summed E-state index contributed by atoms with van der Waals surface area (Å²) in [5.41, 5.74) is -2.99. The van der Waals surface area contributed by atoms with Crippen molar-refractivity contribution >= 4 is 11.9 Å². The van der Waals surface area contributed by atoms with E-state index in [4.69, 9.17) is 10.2 Å². The van der Waals surface area contributed by atoms with Crippen molar-refractivity contribution in [3.8, 4) is 0 Å². The lowest BCUT2D eigenvalue weighted by Gasteiger charge is -2.11. The predicted molar refractivity (Wildman–Crippen MR) is 28.7 cm³/mol. The molecule has 56 valence electrons. The molecule has 0 atom stereocenters. The molecule has 0 aromatic heterocycles. The molecule has 0 heterocycles. The number of hydrogen-bond donors (Lipinski definition) is 2. The quantitative estimate of drug-likeness (QED) is 0.527. The van der Waals surface area contributed by atoms with Gasteiger partial charge in [0.05, 0.1) is 0 Å². The molecule has 0 aliphatic rings. The first-order valence-corrected chi connectivity index (χ1v) is 2.41. The largest absolute Gasteiger partial charge is 0.479 e. The van der Waals surface area contributed by atoms with Crippen LogP contribution in [0.25, 0.3) is 0 Å². The van der Waals surface area contributed by atoms with Gasteiger partial charge < -0.3 is 10.2 Å². The van der Waals surface area contributed by atoms with E-state index in [1.807, 2.05) is 0 Å². The van der Waals surface area contributed by atoms with Gasteiger partial charge in [0.2, 0.25) is 0 Å². The normalized spacial score (nSPS) is 11.0. The Kier molecular flexibility index (Phi) is 2.36. The SMILES string of the molecule is [CH2]CC([O])(C(=O)O)C(=O)O. The van der Waals surface area contributed by atoms with E-state index >= 15 is 0 Å². The van der Waals surface area contributed by atoms with Crippen molar-refractivity contribution in [3.63, 3.8) is 0 Å². The summed E-state index contributed by atoms with van der Waals surface area (Å²) in [7, 11) is 0. The first-order valence-electron chi connectivity index (χ1n) is 2.41. The second-order valence-corrected chi connectivity index (χ2v) is 1.69. The molecule has 0 aliphatic carbocycles. The molecule has 0 amide bonds. The first-order chi connectivity index (χ1) is 4.45. The summed E-state index contributed by atoms with van der Waals surface area (Å²) in [4.78, 5) is 19.9. The molecule has 0 aliphatic heterocycles. The number of hydrogen-bond acceptors (Lipinski definition) is 2. The lowest BCUT2D eigenvalue weighted by Crippen LogP contribution is -2.44. The fourth-order valence-electron chi connectivity index (χ4n) is 0.305. The van der Waals surface area contributed by atoms with Gasteiger partial charge in [-0.1, -0.05) is 0 Å². The van der Waals surface area contributed by atoms with Crippen molar-refractivity contribution in [1.82, 2.24) is 0 Å². The molecule has 0 fully saturated rings. The molecule has 5 nitrogen and oxygen atoms in total. The van der Waals surface area contributed by atoms with Crippen LogP contribution in [-0.2, 0) is 14.7 Å². The van der Waals surface area contributed by atoms with E-state index in [0.717, 1.165) is 0 Å². The third-order valence-electron chi connectivity index (χ3n) is 1.04. The highest BCUT2D eigenvalue weighted by Crippen LogP contribution is 2.10. The highest BCUT2D eigenvalue weighted by atomic mass is 16.4. The summed E-state index contributed by atoms with van der Waals surface area (Å²) < 4.78 is 0. The van der Waals surface area contributed by atoms with E-state index in [1.54, 1.807) is 0 Å². The van der Waals surface area contributed by atoms with Crippen LogP contribution in [0, 0.1) is 6.92 Å². The molecule has 2 radical (unpaired) electrons. The van der Waals surface area contributed by atoms with Gasteiger partial charge in [-0.15, -0.1) is 0 Å². The fourth-order valence-corrected chi connectivity index (χ4v) is 0.305. The van der Waals surface area contributed by atoms with Crippen molar-refractivity contribution in [2.75, 3.05) is 0 Å². The van der Waals surface area contributed by atoms with Crippen LogP contribution in [0.1, 0.15) is 6.42 Å². The molecular weight excluding hydrogens is 140 g/mol. The maximum atomic E-state index is 10.6. The Balaban J connectivity index is 4.55. The fraction of sp³-hybridized carbons (Fsp3) is 0.400. The third kappa shape index (κ3) is 1.24. The summed E-state index contributed by atoms with van der Waals surface area (Å²) in [6, 6.07) is 0. The van der Waals surface area contributed by atoms with Crippen LogP contribution < -0.4 is 0 Å². The summed E-state index contributed by atoms with van der Waals surface area (Å²) >= 11 is 0. The predicted octanol–water partition coefficient (Wildman–Crippen LogP) is -0.451. The number of carbonyl (C=O) groups is 2. The van der Waals surface area contributed by atoms with Gasteiger partial charge in [-0.25, -0.2) is 14.7 Å². The minimum absolute atomic E-state index is 0.711. The molecule has 0 unspecified atom stereocenters. The lowest BCUT2D eigenvalue weighted by molar-refractivity contribution is -0.183. The molecule has 0 aromatic rings. The van der Waals surface area contributed by atoms with Gasteiger partial charge in [0.15, 0.2) is 0 Å². The van der Waals surface area contributed by atoms with Crippen LogP contribution in [0.4, 0.5) is 0 Å². The van der Waals surface area contributed by atoms with E-state index in [9.17, 15) is 14.7 Å². The van der Waals surface area contributed by atoms with Gasteiger partial charge in [-0.05, 0) is 6.92 Å². The van der Waals surface area contributed by atoms with Crippen molar-refractivity contribution in [1.29, 1.82) is 0 Å². The maximum Gasteiger partial charge on any atom is 0.351 e. The van der Waals surface area contributed by atoms with Gasteiger partial charge in [0.1, 0.15) is 0 Å². The minimum Gasteiger partial charge on any atom is -0.479 e. The molecular formula is C5H6O5. The Morgan fingerprint density at radius 1 is 1.30 bits per heavy atom. The van der Waals surface area contributed by atoms with Crippen LogP contribution in [0.15, 0.2) is 0 Å². The molecule has 2 N–H and O–H groups in total. The Morgan fingerprint density at radius 2 is 1.60 bits per heavy atom. The maximum absolute atomic E-state index is 10.6. The van der Waals surface area contributed by atoms with E-state index in [0.29, 0.717) is 0 Å². The lowest BCUT2D eigenvalue weighted by atomic mass is 10.0. The zero-order valence-electron chi connectivity index (χ0n) is 5.03. The highest BCUT2D eigenvalue weighted by Gasteiger charge is 2.45. The van der Waals surface area contributed by atoms with E-state index < -0.39 is 24.0 Å². The molecule has 10 heavy (non-hydrogen) atoms. The first kappa shape index (κ1) is 8.90. The van der Waals surface area contributed by atoms with Gasteiger partial charge in [0.25, 0.3) is 5.60 Å². The summed E-state index contributed by atoms with van der Waals surface area (Å²) in [5, 5.41) is 26.7. The zero-order chi connectivity index (χ0) is 8.36. The number of carboxylic acids is 2. The molecule has 5 heteroatoms. The van der Waals surface area contributed by atoms with Crippen molar-refractivity contribution in [2.45, 2.75) is 12.0 Å². The molecule has 0 saturated carbocycles. The van der Waals surface area contributed by atoms with Crippen molar-refractivity contribution in [2.24, 2.45) is 0 Å². The van der Waals surface area contributed by atoms with E-state index in [1.165, 1.54) is 0 Å². The number of aliphatic carboxylic acids is 2. The van der Waals surface area contributed by atoms with Gasteiger partial charge in [0, 0.05) is 6.42 Å². The van der Waals surface area contributed by atoms with Crippen molar-refractivity contribution < 1.29 is 24.9 Å². The second kappa shape index (κ2) is 2.66. The van der Waals surface area contributed by atoms with Crippen LogP contribution in [-0.4, -0.2) is 27.8 Å². The van der Waals surface area contributed by atoms with Gasteiger partial charge in [-0.3, -0.25) is 0 Å². The van der Waals surface area contributed by atoms with Crippen LogP contribution in [0.5, 0.6) is 0 Å². The van der Waals surface area contributed by atoms with E-state index in [2.05, 4.69) is 6.92 Å². The Morgan fingerprint density at radius 3 is 1.60 bits per heavy atom. The molecule has 0 bridgehead atoms. The van der Waals surface area contributed by atoms with Crippen LogP contribution in [0.3, 0.4) is 0 Å². The Labute approximate surface area is 56.9 Å². The standard InChI is InChI=1S/C5H6O5/c1-2-5(10,3(6)7)4(8)9/h1-2H2,(H,6,7)(H,8,9).